The highest BCUT2D eigenvalue weighted by molar-refractivity contribution is 7.15. The number of hydrogen-bond donors (Lipinski definition) is 1. The van der Waals surface area contributed by atoms with Crippen LogP contribution in [0.15, 0.2) is 48.5 Å². The van der Waals surface area contributed by atoms with Crippen LogP contribution >= 0.6 is 11.3 Å². The van der Waals surface area contributed by atoms with Gasteiger partial charge in [-0.2, -0.15) is 0 Å². The van der Waals surface area contributed by atoms with E-state index in [4.69, 9.17) is 4.98 Å². The van der Waals surface area contributed by atoms with Crippen LogP contribution in [-0.4, -0.2) is 10.1 Å². The van der Waals surface area contributed by atoms with Crippen LogP contribution in [0, 0.1) is 0 Å². The lowest BCUT2D eigenvalue weighted by molar-refractivity contribution is 0.477. The van der Waals surface area contributed by atoms with Gasteiger partial charge in [0.05, 0.1) is 11.3 Å². The van der Waals surface area contributed by atoms with E-state index in [0.717, 1.165) is 22.7 Å². The number of benzene rings is 2. The third-order valence-electron chi connectivity index (χ3n) is 4.07. The fourth-order valence-electron chi connectivity index (χ4n) is 3.00. The summed E-state index contributed by atoms with van der Waals surface area (Å²) >= 11 is 1.70. The number of nitrogens with zero attached hydrogens (tertiary/aromatic N) is 1. The highest BCUT2D eigenvalue weighted by Gasteiger charge is 2.25. The van der Waals surface area contributed by atoms with Crippen molar-refractivity contribution in [3.05, 3.63) is 59.0 Å². The summed E-state index contributed by atoms with van der Waals surface area (Å²) in [6.45, 7) is 2.27. The van der Waals surface area contributed by atoms with Gasteiger partial charge in [0.25, 0.3) is 0 Å². The van der Waals surface area contributed by atoms with E-state index in [2.05, 4.69) is 31.2 Å². The van der Waals surface area contributed by atoms with Crippen LogP contribution < -0.4 is 0 Å². The van der Waals surface area contributed by atoms with Crippen LogP contribution in [0.1, 0.15) is 23.3 Å². The van der Waals surface area contributed by atoms with Gasteiger partial charge in [0, 0.05) is 10.4 Å². The van der Waals surface area contributed by atoms with Gasteiger partial charge >= 0.3 is 0 Å². The summed E-state index contributed by atoms with van der Waals surface area (Å²) in [7, 11) is 0. The van der Waals surface area contributed by atoms with Crippen LogP contribution in [0.2, 0.25) is 0 Å². The fourth-order valence-corrected chi connectivity index (χ4v) is 4.24. The average Bonchev–Trinajstić information content (AvgIpc) is 2.92. The zero-order chi connectivity index (χ0) is 14.4. The minimum Gasteiger partial charge on any atom is -0.507 e. The van der Waals surface area contributed by atoms with Crippen molar-refractivity contribution in [3.8, 4) is 27.6 Å². The fraction of sp³-hybridized carbons (Fsp3) is 0.167. The Kier molecular flexibility index (Phi) is 2.82. The molecule has 1 unspecified atom stereocenters. The molecule has 1 aliphatic rings. The summed E-state index contributed by atoms with van der Waals surface area (Å²) in [6, 6.07) is 15.9. The molecule has 4 rings (SSSR count). The van der Waals surface area contributed by atoms with Gasteiger partial charge in [-0.3, -0.25) is 0 Å². The number of phenolic OH excluding ortho intramolecular Hbond substituents is 1. The predicted molar refractivity (Wildman–Crippen MR) is 86.8 cm³/mol. The molecule has 0 aliphatic heterocycles. The van der Waals surface area contributed by atoms with E-state index >= 15 is 0 Å². The summed E-state index contributed by atoms with van der Waals surface area (Å²) in [6.07, 6.45) is 1.03. The molecule has 2 aromatic carbocycles. The lowest BCUT2D eigenvalue weighted by atomic mass is 9.86. The SMILES string of the molecule is CC1Cc2sc(-c3ccccc3O)nc2-c2ccccc21. The molecule has 0 radical (unpaired) electrons. The summed E-state index contributed by atoms with van der Waals surface area (Å²) in [5, 5.41) is 10.9. The van der Waals surface area contributed by atoms with Gasteiger partial charge in [0.1, 0.15) is 10.8 Å². The van der Waals surface area contributed by atoms with E-state index in [1.54, 1.807) is 17.4 Å². The zero-order valence-corrected chi connectivity index (χ0v) is 12.5. The van der Waals surface area contributed by atoms with Gasteiger partial charge in [-0.1, -0.05) is 43.3 Å². The Morgan fingerprint density at radius 2 is 1.76 bits per heavy atom. The van der Waals surface area contributed by atoms with Crippen molar-refractivity contribution >= 4 is 11.3 Å². The summed E-state index contributed by atoms with van der Waals surface area (Å²) in [5.41, 5.74) is 4.53. The average molecular weight is 293 g/mol. The maximum Gasteiger partial charge on any atom is 0.128 e. The molecule has 0 bridgehead atoms. The van der Waals surface area contributed by atoms with E-state index in [1.807, 2.05) is 18.2 Å². The molecule has 104 valence electrons. The van der Waals surface area contributed by atoms with Crippen LogP contribution in [0.4, 0.5) is 0 Å². The number of rotatable bonds is 1. The van der Waals surface area contributed by atoms with Gasteiger partial charge in [-0.15, -0.1) is 11.3 Å². The van der Waals surface area contributed by atoms with Crippen molar-refractivity contribution in [2.45, 2.75) is 19.3 Å². The second-order valence-corrected chi connectivity index (χ2v) is 6.58. The largest absolute Gasteiger partial charge is 0.507 e. The number of thiazole rings is 1. The molecule has 0 amide bonds. The monoisotopic (exact) mass is 293 g/mol. The minimum absolute atomic E-state index is 0.296. The van der Waals surface area contributed by atoms with Gasteiger partial charge in [-0.25, -0.2) is 4.98 Å². The molecule has 3 aromatic rings. The Morgan fingerprint density at radius 3 is 2.57 bits per heavy atom. The Bertz CT molecular complexity index is 822. The van der Waals surface area contributed by atoms with E-state index in [0.29, 0.717) is 11.7 Å². The molecular formula is C18H15NOS. The molecule has 1 N–H and O–H groups in total. The molecular weight excluding hydrogens is 278 g/mol. The minimum atomic E-state index is 0.296. The van der Waals surface area contributed by atoms with Gasteiger partial charge in [-0.05, 0) is 30.0 Å². The highest BCUT2D eigenvalue weighted by Crippen LogP contribution is 2.44. The van der Waals surface area contributed by atoms with Crippen molar-refractivity contribution in [2.24, 2.45) is 0 Å². The first-order chi connectivity index (χ1) is 10.2. The van der Waals surface area contributed by atoms with Crippen molar-refractivity contribution in [1.29, 1.82) is 0 Å². The summed E-state index contributed by atoms with van der Waals surface area (Å²) < 4.78 is 0. The van der Waals surface area contributed by atoms with Crippen LogP contribution in [0.5, 0.6) is 5.75 Å². The quantitative estimate of drug-likeness (QED) is 0.696. The normalized spacial score (nSPS) is 16.3. The Labute approximate surface area is 127 Å². The Hall–Kier alpha value is -2.13. The third kappa shape index (κ3) is 1.96. The second kappa shape index (κ2) is 4.71. The molecule has 0 saturated heterocycles. The number of aromatic hydroxyl groups is 1. The molecule has 21 heavy (non-hydrogen) atoms. The van der Waals surface area contributed by atoms with Gasteiger partial charge in [0.15, 0.2) is 0 Å². The first kappa shape index (κ1) is 12.6. The maximum absolute atomic E-state index is 10.0. The number of hydrogen-bond acceptors (Lipinski definition) is 3. The standard InChI is InChI=1S/C18H15NOS/c1-11-10-16-17(13-7-3-2-6-12(11)13)19-18(21-16)14-8-4-5-9-15(14)20/h2-9,11,20H,10H2,1H3. The number of aromatic nitrogens is 1. The number of para-hydroxylation sites is 1. The molecule has 2 nitrogen and oxygen atoms in total. The summed E-state index contributed by atoms with van der Waals surface area (Å²) in [4.78, 5) is 6.14. The lowest BCUT2D eigenvalue weighted by Gasteiger charge is -2.21. The summed E-state index contributed by atoms with van der Waals surface area (Å²) in [5.74, 6) is 0.816. The molecule has 0 fully saturated rings. The van der Waals surface area contributed by atoms with E-state index in [9.17, 15) is 5.11 Å². The molecule has 0 spiro atoms. The molecule has 0 saturated carbocycles. The molecule has 1 atom stereocenters. The lowest BCUT2D eigenvalue weighted by Crippen LogP contribution is -2.06. The van der Waals surface area contributed by atoms with E-state index in [1.165, 1.54) is 16.0 Å². The van der Waals surface area contributed by atoms with Crippen molar-refractivity contribution in [2.75, 3.05) is 0 Å². The van der Waals surface area contributed by atoms with Crippen LogP contribution in [0.25, 0.3) is 21.8 Å². The molecule has 3 heteroatoms. The maximum atomic E-state index is 10.0. The Morgan fingerprint density at radius 1 is 1.05 bits per heavy atom. The molecule has 1 aliphatic carbocycles. The van der Waals surface area contributed by atoms with Gasteiger partial charge < -0.3 is 5.11 Å². The van der Waals surface area contributed by atoms with E-state index < -0.39 is 0 Å². The van der Waals surface area contributed by atoms with Crippen LogP contribution in [-0.2, 0) is 6.42 Å². The Balaban J connectivity index is 1.90. The first-order valence-corrected chi connectivity index (χ1v) is 7.93. The molecule has 1 aromatic heterocycles. The van der Waals surface area contributed by atoms with Crippen molar-refractivity contribution in [1.82, 2.24) is 4.98 Å². The zero-order valence-electron chi connectivity index (χ0n) is 11.7. The van der Waals surface area contributed by atoms with E-state index in [-0.39, 0.29) is 0 Å². The first-order valence-electron chi connectivity index (χ1n) is 7.11. The number of fused-ring (bicyclic) bond motifs is 3. The van der Waals surface area contributed by atoms with Crippen molar-refractivity contribution in [3.63, 3.8) is 0 Å². The predicted octanol–water partition coefficient (Wildman–Crippen LogP) is 4.84. The molecule has 1 heterocycles. The van der Waals surface area contributed by atoms with Gasteiger partial charge in [0.2, 0.25) is 0 Å². The topological polar surface area (TPSA) is 33.1 Å². The second-order valence-electron chi connectivity index (χ2n) is 5.50. The highest BCUT2D eigenvalue weighted by atomic mass is 32.1. The number of phenols is 1. The smallest absolute Gasteiger partial charge is 0.128 e. The third-order valence-corrected chi connectivity index (χ3v) is 5.18. The van der Waals surface area contributed by atoms with Crippen LogP contribution in [0.3, 0.4) is 0 Å². The van der Waals surface area contributed by atoms with Crippen molar-refractivity contribution < 1.29 is 5.11 Å².